The number of ether oxygens (including phenoxy) is 1. The average Bonchev–Trinajstić information content (AvgIpc) is 2.48. The Morgan fingerprint density at radius 2 is 2.05 bits per heavy atom. The molecule has 2 aromatic rings. The zero-order valence-corrected chi connectivity index (χ0v) is 10.9. The van der Waals surface area contributed by atoms with Crippen LogP contribution in [0.3, 0.4) is 0 Å². The quantitative estimate of drug-likeness (QED) is 0.833. The van der Waals surface area contributed by atoms with Crippen LogP contribution < -0.4 is 10.1 Å². The minimum Gasteiger partial charge on any atom is -0.481 e. The van der Waals surface area contributed by atoms with Crippen LogP contribution in [-0.4, -0.2) is 29.8 Å². The number of nitrogens with zero attached hydrogens (tertiary/aromatic N) is 1. The molecule has 0 fully saturated rings. The molecule has 0 spiro atoms. The number of pyridine rings is 1. The van der Waals surface area contributed by atoms with E-state index in [1.807, 2.05) is 30.3 Å². The number of anilines is 1. The molecule has 2 rings (SSSR count). The highest BCUT2D eigenvalue weighted by Crippen LogP contribution is 2.15. The van der Waals surface area contributed by atoms with Crippen LogP contribution in [0.5, 0.6) is 5.88 Å². The molecule has 1 aromatic carbocycles. The molecule has 4 heteroatoms. The third-order valence-electron chi connectivity index (χ3n) is 2.86. The second-order valence-corrected chi connectivity index (χ2v) is 4.30. The molecule has 100 valence electrons. The summed E-state index contributed by atoms with van der Waals surface area (Å²) in [6.45, 7) is 0.0690. The Kier molecular flexibility index (Phi) is 4.75. The van der Waals surface area contributed by atoms with Crippen LogP contribution in [0.4, 0.5) is 5.69 Å². The highest BCUT2D eigenvalue weighted by molar-refractivity contribution is 5.46. The maximum atomic E-state index is 9.47. The zero-order chi connectivity index (χ0) is 13.5. The van der Waals surface area contributed by atoms with Gasteiger partial charge in [-0.15, -0.1) is 0 Å². The first-order valence-corrected chi connectivity index (χ1v) is 6.23. The van der Waals surface area contributed by atoms with Gasteiger partial charge in [-0.25, -0.2) is 4.98 Å². The van der Waals surface area contributed by atoms with Gasteiger partial charge in [0.1, 0.15) is 0 Å². The lowest BCUT2D eigenvalue weighted by Gasteiger charge is -2.18. The van der Waals surface area contributed by atoms with Crippen LogP contribution in [-0.2, 0) is 6.42 Å². The Labute approximate surface area is 113 Å². The van der Waals surface area contributed by atoms with Crippen molar-refractivity contribution < 1.29 is 9.84 Å². The summed E-state index contributed by atoms with van der Waals surface area (Å²) in [6.07, 6.45) is 2.44. The molecular formula is C15H18N2O2. The van der Waals surface area contributed by atoms with Gasteiger partial charge in [-0.1, -0.05) is 30.3 Å². The third-order valence-corrected chi connectivity index (χ3v) is 2.86. The maximum absolute atomic E-state index is 9.47. The average molecular weight is 258 g/mol. The van der Waals surface area contributed by atoms with Gasteiger partial charge in [0.05, 0.1) is 19.8 Å². The molecule has 0 aliphatic carbocycles. The minimum atomic E-state index is -0.0329. The van der Waals surface area contributed by atoms with Crippen LogP contribution in [0, 0.1) is 0 Å². The van der Waals surface area contributed by atoms with Gasteiger partial charge in [-0.3, -0.25) is 0 Å². The number of hydrogen-bond acceptors (Lipinski definition) is 4. The summed E-state index contributed by atoms with van der Waals surface area (Å²) in [5.74, 6) is 0.557. The standard InChI is InChI=1S/C15H18N2O2/c1-19-15-10-13(7-8-16-15)17-14(11-18)9-12-5-3-2-4-6-12/h2-8,10,14,18H,9,11H2,1H3,(H,16,17). The van der Waals surface area contributed by atoms with E-state index >= 15 is 0 Å². The van der Waals surface area contributed by atoms with Crippen LogP contribution in [0.25, 0.3) is 0 Å². The van der Waals surface area contributed by atoms with Gasteiger partial charge in [-0.2, -0.15) is 0 Å². The summed E-state index contributed by atoms with van der Waals surface area (Å²) in [6, 6.07) is 13.7. The Balaban J connectivity index is 2.02. The molecule has 0 saturated carbocycles. The van der Waals surface area contributed by atoms with Crippen molar-refractivity contribution in [1.82, 2.24) is 4.98 Å². The molecule has 2 N–H and O–H groups in total. The van der Waals surface area contributed by atoms with Gasteiger partial charge in [0.15, 0.2) is 0 Å². The van der Waals surface area contributed by atoms with E-state index in [2.05, 4.69) is 22.4 Å². The molecule has 0 bridgehead atoms. The van der Waals surface area contributed by atoms with Crippen LogP contribution >= 0.6 is 0 Å². The smallest absolute Gasteiger partial charge is 0.214 e. The highest BCUT2D eigenvalue weighted by atomic mass is 16.5. The normalized spacial score (nSPS) is 11.9. The Morgan fingerprint density at radius 1 is 1.26 bits per heavy atom. The Hall–Kier alpha value is -2.07. The second-order valence-electron chi connectivity index (χ2n) is 4.30. The number of rotatable bonds is 6. The van der Waals surface area contributed by atoms with E-state index in [9.17, 15) is 5.11 Å². The fourth-order valence-corrected chi connectivity index (χ4v) is 1.91. The van der Waals surface area contributed by atoms with Gasteiger partial charge in [0, 0.05) is 18.0 Å². The molecule has 1 heterocycles. The van der Waals surface area contributed by atoms with Crippen LogP contribution in [0.15, 0.2) is 48.7 Å². The predicted molar refractivity (Wildman–Crippen MR) is 75.4 cm³/mol. The van der Waals surface area contributed by atoms with Gasteiger partial charge in [0.25, 0.3) is 0 Å². The molecule has 1 atom stereocenters. The molecular weight excluding hydrogens is 240 g/mol. The molecule has 0 amide bonds. The second kappa shape index (κ2) is 6.75. The van der Waals surface area contributed by atoms with Gasteiger partial charge in [0.2, 0.25) is 5.88 Å². The van der Waals surface area contributed by atoms with Crippen molar-refractivity contribution in [3.05, 3.63) is 54.2 Å². The summed E-state index contributed by atoms with van der Waals surface area (Å²) in [7, 11) is 1.58. The van der Waals surface area contributed by atoms with Gasteiger partial charge in [-0.05, 0) is 18.1 Å². The molecule has 0 saturated heterocycles. The summed E-state index contributed by atoms with van der Waals surface area (Å²) >= 11 is 0. The van der Waals surface area contributed by atoms with Gasteiger partial charge >= 0.3 is 0 Å². The van der Waals surface area contributed by atoms with Crippen LogP contribution in [0.2, 0.25) is 0 Å². The summed E-state index contributed by atoms with van der Waals surface area (Å²) in [5, 5.41) is 12.7. The summed E-state index contributed by atoms with van der Waals surface area (Å²) < 4.78 is 5.07. The lowest BCUT2D eigenvalue weighted by Crippen LogP contribution is -2.26. The first kappa shape index (κ1) is 13.4. The Bertz CT molecular complexity index is 503. The van der Waals surface area contributed by atoms with Crippen molar-refractivity contribution in [2.24, 2.45) is 0 Å². The van der Waals surface area contributed by atoms with E-state index in [1.165, 1.54) is 5.56 Å². The number of benzene rings is 1. The maximum Gasteiger partial charge on any atom is 0.214 e. The van der Waals surface area contributed by atoms with Crippen molar-refractivity contribution in [3.63, 3.8) is 0 Å². The van der Waals surface area contributed by atoms with E-state index in [-0.39, 0.29) is 12.6 Å². The van der Waals surface area contributed by atoms with E-state index in [0.29, 0.717) is 5.88 Å². The number of aliphatic hydroxyl groups excluding tert-OH is 1. The largest absolute Gasteiger partial charge is 0.481 e. The first-order valence-electron chi connectivity index (χ1n) is 6.23. The topological polar surface area (TPSA) is 54.4 Å². The van der Waals surface area contributed by atoms with E-state index in [0.717, 1.165) is 12.1 Å². The number of aliphatic hydroxyl groups is 1. The van der Waals surface area contributed by atoms with Crippen molar-refractivity contribution in [2.75, 3.05) is 19.0 Å². The third kappa shape index (κ3) is 3.96. The Morgan fingerprint density at radius 3 is 2.74 bits per heavy atom. The number of aromatic nitrogens is 1. The van der Waals surface area contributed by atoms with Crippen molar-refractivity contribution in [1.29, 1.82) is 0 Å². The van der Waals surface area contributed by atoms with E-state index < -0.39 is 0 Å². The molecule has 0 aliphatic rings. The van der Waals surface area contributed by atoms with Gasteiger partial charge < -0.3 is 15.2 Å². The van der Waals surface area contributed by atoms with Crippen molar-refractivity contribution in [3.8, 4) is 5.88 Å². The van der Waals surface area contributed by atoms with E-state index in [1.54, 1.807) is 13.3 Å². The van der Waals surface area contributed by atoms with Crippen molar-refractivity contribution >= 4 is 5.69 Å². The molecule has 19 heavy (non-hydrogen) atoms. The van der Waals surface area contributed by atoms with E-state index in [4.69, 9.17) is 4.74 Å². The number of hydrogen-bond donors (Lipinski definition) is 2. The lowest BCUT2D eigenvalue weighted by molar-refractivity contribution is 0.273. The molecule has 4 nitrogen and oxygen atoms in total. The zero-order valence-electron chi connectivity index (χ0n) is 10.9. The monoisotopic (exact) mass is 258 g/mol. The molecule has 0 aliphatic heterocycles. The highest BCUT2D eigenvalue weighted by Gasteiger charge is 2.08. The lowest BCUT2D eigenvalue weighted by atomic mass is 10.1. The molecule has 0 radical (unpaired) electrons. The fraction of sp³-hybridized carbons (Fsp3) is 0.267. The SMILES string of the molecule is COc1cc(NC(CO)Cc2ccccc2)ccn1. The van der Waals surface area contributed by atoms with Crippen LogP contribution in [0.1, 0.15) is 5.56 Å². The first-order chi connectivity index (χ1) is 9.31. The molecule has 1 aromatic heterocycles. The summed E-state index contributed by atoms with van der Waals surface area (Å²) in [4.78, 5) is 4.05. The fourth-order valence-electron chi connectivity index (χ4n) is 1.91. The number of methoxy groups -OCH3 is 1. The summed E-state index contributed by atoms with van der Waals surface area (Å²) in [5.41, 5.74) is 2.08. The minimum absolute atomic E-state index is 0.0329. The predicted octanol–water partition coefficient (Wildman–Crippen LogP) is 2.11. The molecule has 1 unspecified atom stereocenters. The van der Waals surface area contributed by atoms with Crippen molar-refractivity contribution in [2.45, 2.75) is 12.5 Å². The number of nitrogens with one attached hydrogen (secondary N) is 1.